The van der Waals surface area contributed by atoms with Crippen LogP contribution in [0.15, 0.2) is 85.1 Å². The highest BCUT2D eigenvalue weighted by atomic mass is 16.5. The Morgan fingerprint density at radius 2 is 1.65 bits per heavy atom. The summed E-state index contributed by atoms with van der Waals surface area (Å²) in [6.45, 7) is 4.84. The van der Waals surface area contributed by atoms with Crippen molar-refractivity contribution in [2.45, 2.75) is 12.6 Å². The number of rotatable bonds is 9. The third-order valence-electron chi connectivity index (χ3n) is 6.99. The summed E-state index contributed by atoms with van der Waals surface area (Å²) in [5.41, 5.74) is 3.93. The molecule has 1 unspecified atom stereocenters. The van der Waals surface area contributed by atoms with E-state index in [1.165, 1.54) is 5.56 Å². The van der Waals surface area contributed by atoms with E-state index in [0.717, 1.165) is 48.5 Å². The van der Waals surface area contributed by atoms with Crippen LogP contribution in [0, 0.1) is 0 Å². The summed E-state index contributed by atoms with van der Waals surface area (Å²) < 4.78 is 7.61. The van der Waals surface area contributed by atoms with Crippen LogP contribution in [-0.2, 0) is 6.54 Å². The Morgan fingerprint density at radius 1 is 0.946 bits per heavy atom. The lowest BCUT2D eigenvalue weighted by molar-refractivity contribution is 0.0852. The zero-order chi connectivity index (χ0) is 25.6. The van der Waals surface area contributed by atoms with Crippen molar-refractivity contribution in [1.82, 2.24) is 14.8 Å². The molecule has 1 amide bonds. The number of methoxy groups -OCH3 is 1. The van der Waals surface area contributed by atoms with Crippen molar-refractivity contribution in [3.8, 4) is 5.75 Å². The number of carbonyl (C=O) groups excluding carboxylic acids is 1. The minimum Gasteiger partial charge on any atom is -0.495 e. The number of benzene rings is 3. The van der Waals surface area contributed by atoms with Crippen LogP contribution >= 0.6 is 0 Å². The monoisotopic (exact) mass is 498 g/mol. The number of anilines is 1. The van der Waals surface area contributed by atoms with Crippen LogP contribution in [0.4, 0.5) is 5.69 Å². The first-order valence-corrected chi connectivity index (χ1v) is 12.8. The summed E-state index contributed by atoms with van der Waals surface area (Å²) in [6.07, 6.45) is 1.27. The van der Waals surface area contributed by atoms with Gasteiger partial charge in [0, 0.05) is 62.9 Å². The van der Waals surface area contributed by atoms with Gasteiger partial charge in [-0.1, -0.05) is 60.7 Å². The van der Waals surface area contributed by atoms with E-state index >= 15 is 0 Å². The number of para-hydroxylation sites is 3. The average molecular weight is 499 g/mol. The lowest BCUT2D eigenvalue weighted by atomic mass is 10.1. The summed E-state index contributed by atoms with van der Waals surface area (Å²) in [4.78, 5) is 17.7. The van der Waals surface area contributed by atoms with E-state index in [1.54, 1.807) is 7.11 Å². The fraction of sp³-hybridized carbons (Fsp3) is 0.300. The number of hydrogen-bond acceptors (Lipinski definition) is 5. The van der Waals surface area contributed by atoms with Gasteiger partial charge in [0.2, 0.25) is 0 Å². The quantitative estimate of drug-likeness (QED) is 0.369. The van der Waals surface area contributed by atoms with Crippen molar-refractivity contribution in [2.75, 3.05) is 51.3 Å². The number of carbonyl (C=O) groups is 1. The van der Waals surface area contributed by atoms with Crippen LogP contribution in [0.2, 0.25) is 0 Å². The molecule has 37 heavy (non-hydrogen) atoms. The molecule has 1 saturated heterocycles. The number of nitrogens with zero attached hydrogens (tertiary/aromatic N) is 3. The van der Waals surface area contributed by atoms with Crippen LogP contribution in [0.5, 0.6) is 5.75 Å². The molecule has 7 nitrogen and oxygen atoms in total. The fourth-order valence-electron chi connectivity index (χ4n) is 5.07. The molecule has 0 aliphatic carbocycles. The predicted molar refractivity (Wildman–Crippen MR) is 147 cm³/mol. The second-order valence-corrected chi connectivity index (χ2v) is 9.50. The number of nitrogens with one attached hydrogen (secondary N) is 1. The molecule has 1 aromatic heterocycles. The normalized spacial score (nSPS) is 15.0. The van der Waals surface area contributed by atoms with Crippen molar-refractivity contribution in [3.63, 3.8) is 0 Å². The third-order valence-corrected chi connectivity index (χ3v) is 6.99. The van der Waals surface area contributed by atoms with Gasteiger partial charge in [0.1, 0.15) is 5.75 Å². The summed E-state index contributed by atoms with van der Waals surface area (Å²) in [6, 6.07) is 26.2. The number of β-amino-alcohol motifs (C(OH)–C–C–N with tert-alkyl or cyclic N) is 1. The van der Waals surface area contributed by atoms with Crippen LogP contribution in [0.1, 0.15) is 15.9 Å². The molecule has 0 spiro atoms. The Morgan fingerprint density at radius 3 is 2.43 bits per heavy atom. The highest BCUT2D eigenvalue weighted by molar-refractivity contribution is 6.07. The molecular formula is C30H34N4O3. The average Bonchev–Trinajstić information content (AvgIpc) is 3.31. The molecule has 192 valence electrons. The van der Waals surface area contributed by atoms with E-state index in [9.17, 15) is 9.90 Å². The van der Waals surface area contributed by atoms with Crippen LogP contribution < -0.4 is 15.0 Å². The van der Waals surface area contributed by atoms with E-state index in [4.69, 9.17) is 4.74 Å². The number of piperazine rings is 1. The first kappa shape index (κ1) is 24.9. The number of ether oxygens (including phenoxy) is 1. The number of aliphatic hydroxyl groups is 1. The first-order valence-electron chi connectivity index (χ1n) is 12.8. The molecule has 1 atom stereocenters. The molecular weight excluding hydrogens is 464 g/mol. The topological polar surface area (TPSA) is 70.0 Å². The van der Waals surface area contributed by atoms with Crippen LogP contribution in [-0.4, -0.2) is 73.0 Å². The highest BCUT2D eigenvalue weighted by Gasteiger charge is 2.22. The van der Waals surface area contributed by atoms with E-state index in [-0.39, 0.29) is 12.5 Å². The Balaban J connectivity index is 1.16. The zero-order valence-electron chi connectivity index (χ0n) is 21.2. The molecule has 2 N–H and O–H groups in total. The second-order valence-electron chi connectivity index (χ2n) is 9.50. The van der Waals surface area contributed by atoms with Gasteiger partial charge < -0.3 is 24.6 Å². The van der Waals surface area contributed by atoms with Crippen LogP contribution in [0.3, 0.4) is 0 Å². The van der Waals surface area contributed by atoms with Gasteiger partial charge in [0.15, 0.2) is 0 Å². The van der Waals surface area contributed by atoms with Gasteiger partial charge in [-0.05, 0) is 23.8 Å². The van der Waals surface area contributed by atoms with Crippen molar-refractivity contribution < 1.29 is 14.6 Å². The third kappa shape index (κ3) is 5.79. The molecule has 2 heterocycles. The van der Waals surface area contributed by atoms with Gasteiger partial charge >= 0.3 is 0 Å². The fourth-order valence-corrected chi connectivity index (χ4v) is 5.07. The maximum absolute atomic E-state index is 13.1. The first-order chi connectivity index (χ1) is 18.1. The maximum atomic E-state index is 13.1. The van der Waals surface area contributed by atoms with Gasteiger partial charge in [-0.2, -0.15) is 0 Å². The largest absolute Gasteiger partial charge is 0.495 e. The standard InChI is InChI=1S/C30H34N4O3/c1-37-29-14-8-7-13-28(29)33-17-15-32(16-18-33)21-24(35)19-31-30(36)26-22-34(20-23-9-3-2-4-10-23)27-12-6-5-11-25(26)27/h2-14,22,24,35H,15-21H2,1H3,(H,31,36). The van der Waals surface area contributed by atoms with E-state index in [2.05, 4.69) is 37.9 Å². The summed E-state index contributed by atoms with van der Waals surface area (Å²) in [5, 5.41) is 14.5. The van der Waals surface area contributed by atoms with E-state index in [1.807, 2.05) is 66.9 Å². The van der Waals surface area contributed by atoms with Crippen molar-refractivity contribution in [1.29, 1.82) is 0 Å². The summed E-state index contributed by atoms with van der Waals surface area (Å²) >= 11 is 0. The Kier molecular flexibility index (Phi) is 7.73. The molecule has 1 aliphatic rings. The summed E-state index contributed by atoms with van der Waals surface area (Å²) in [5.74, 6) is 0.715. The molecule has 0 saturated carbocycles. The van der Waals surface area contributed by atoms with Gasteiger partial charge in [-0.3, -0.25) is 9.69 Å². The molecule has 1 fully saturated rings. The smallest absolute Gasteiger partial charge is 0.253 e. The number of fused-ring (bicyclic) bond motifs is 1. The number of amides is 1. The summed E-state index contributed by atoms with van der Waals surface area (Å²) in [7, 11) is 1.70. The second kappa shape index (κ2) is 11.5. The zero-order valence-corrected chi connectivity index (χ0v) is 21.2. The maximum Gasteiger partial charge on any atom is 0.253 e. The van der Waals surface area contributed by atoms with Gasteiger partial charge in [-0.25, -0.2) is 0 Å². The molecule has 3 aromatic carbocycles. The number of aliphatic hydroxyl groups excluding tert-OH is 1. The van der Waals surface area contributed by atoms with Crippen molar-refractivity contribution in [2.24, 2.45) is 0 Å². The predicted octanol–water partition coefficient (Wildman–Crippen LogP) is 3.61. The van der Waals surface area contributed by atoms with Gasteiger partial charge in [-0.15, -0.1) is 0 Å². The lowest BCUT2D eigenvalue weighted by Gasteiger charge is -2.37. The minimum absolute atomic E-state index is 0.164. The van der Waals surface area contributed by atoms with Gasteiger partial charge in [0.05, 0.1) is 24.5 Å². The van der Waals surface area contributed by atoms with Crippen LogP contribution in [0.25, 0.3) is 10.9 Å². The number of hydrogen-bond donors (Lipinski definition) is 2. The van der Waals surface area contributed by atoms with Gasteiger partial charge in [0.25, 0.3) is 5.91 Å². The lowest BCUT2D eigenvalue weighted by Crippen LogP contribution is -2.50. The molecule has 0 radical (unpaired) electrons. The molecule has 1 aliphatic heterocycles. The Bertz CT molecular complexity index is 1330. The minimum atomic E-state index is -0.639. The molecule has 4 aromatic rings. The SMILES string of the molecule is COc1ccccc1N1CCN(CC(O)CNC(=O)c2cn(Cc3ccccc3)c3ccccc23)CC1. The van der Waals surface area contributed by atoms with Crippen molar-refractivity contribution >= 4 is 22.5 Å². The molecule has 0 bridgehead atoms. The highest BCUT2D eigenvalue weighted by Crippen LogP contribution is 2.28. The Labute approximate surface area is 217 Å². The molecule has 7 heteroatoms. The van der Waals surface area contributed by atoms with E-state index in [0.29, 0.717) is 18.7 Å². The van der Waals surface area contributed by atoms with E-state index < -0.39 is 6.10 Å². The Hall–Kier alpha value is -3.81. The van der Waals surface area contributed by atoms with Crippen molar-refractivity contribution in [3.05, 3.63) is 96.2 Å². The molecule has 5 rings (SSSR count). The number of aromatic nitrogens is 1.